The quantitative estimate of drug-likeness (QED) is 0.341. The Hall–Kier alpha value is -0.780. The van der Waals surface area contributed by atoms with Gasteiger partial charge < -0.3 is 9.88 Å². The van der Waals surface area contributed by atoms with Gasteiger partial charge in [0.2, 0.25) is 15.9 Å². The lowest BCUT2D eigenvalue weighted by molar-refractivity contribution is -0.122. The predicted octanol–water partition coefficient (Wildman–Crippen LogP) is 2.22. The molecule has 0 radical (unpaired) electrons. The van der Waals surface area contributed by atoms with E-state index in [9.17, 15) is 13.2 Å². The maximum atomic E-state index is 12.5. The van der Waals surface area contributed by atoms with Crippen LogP contribution in [0.5, 0.6) is 0 Å². The van der Waals surface area contributed by atoms with Crippen LogP contribution in [-0.2, 0) is 21.2 Å². The van der Waals surface area contributed by atoms with E-state index >= 15 is 0 Å². The number of carbonyl (C=O) groups excluding carboxylic acids is 1. The molecule has 1 aliphatic rings. The Labute approximate surface area is 182 Å². The summed E-state index contributed by atoms with van der Waals surface area (Å²) in [5.41, 5.74) is 0. The number of amides is 1. The van der Waals surface area contributed by atoms with E-state index in [-0.39, 0.29) is 11.7 Å². The van der Waals surface area contributed by atoms with Crippen molar-refractivity contribution in [1.29, 1.82) is 0 Å². The maximum absolute atomic E-state index is 12.5. The fourth-order valence-corrected chi connectivity index (χ4v) is 5.38. The van der Waals surface area contributed by atoms with E-state index in [0.29, 0.717) is 24.8 Å². The summed E-state index contributed by atoms with van der Waals surface area (Å²) >= 11 is 3.21. The second-order valence-corrected chi connectivity index (χ2v) is 11.0. The van der Waals surface area contributed by atoms with E-state index in [2.05, 4.69) is 24.8 Å². The van der Waals surface area contributed by atoms with Crippen molar-refractivity contribution in [1.82, 2.24) is 24.8 Å². The first-order valence-corrected chi connectivity index (χ1v) is 14.4. The largest absolute Gasteiger partial charge is 0.355 e. The zero-order valence-corrected chi connectivity index (χ0v) is 20.0. The molecule has 2 N–H and O–H groups in total. The van der Waals surface area contributed by atoms with Crippen LogP contribution in [0.1, 0.15) is 57.3 Å². The van der Waals surface area contributed by atoms with Crippen LogP contribution in [-0.4, -0.2) is 65.7 Å². The summed E-state index contributed by atoms with van der Waals surface area (Å²) in [7, 11) is -3.43. The molecule has 1 amide bonds. The predicted molar refractivity (Wildman–Crippen MR) is 120 cm³/mol. The molecule has 1 aromatic heterocycles. The summed E-state index contributed by atoms with van der Waals surface area (Å²) in [5, 5.41) is 12.5. The van der Waals surface area contributed by atoms with Crippen molar-refractivity contribution in [2.45, 2.75) is 69.1 Å². The number of aryl methyl sites for hydroxylation is 1. The molecular weight excluding hydrogens is 430 g/mol. The minimum absolute atomic E-state index is 0.0371. The molecular formula is C18H33N5O3S3. The molecule has 0 spiro atoms. The number of nitrogens with one attached hydrogen (secondary N) is 2. The monoisotopic (exact) mass is 463 g/mol. The van der Waals surface area contributed by atoms with Gasteiger partial charge in [0.1, 0.15) is 11.9 Å². The number of hydrogen-bond donors (Lipinski definition) is 2. The normalized spacial score (nSPS) is 16.2. The SMILES string of the molecule is CCS(=O)(=O)NC(CCSC)C(=O)NCCCc1nnc(SC)n1C1CCCC1. The number of sulfonamides is 1. The Kier molecular flexibility index (Phi) is 10.3. The van der Waals surface area contributed by atoms with Crippen molar-refractivity contribution < 1.29 is 13.2 Å². The molecule has 1 heterocycles. The third-order valence-corrected chi connectivity index (χ3v) is 7.80. The third kappa shape index (κ3) is 7.45. The van der Waals surface area contributed by atoms with E-state index < -0.39 is 16.1 Å². The lowest BCUT2D eigenvalue weighted by Crippen LogP contribution is -2.47. The number of hydrogen-bond acceptors (Lipinski definition) is 7. The van der Waals surface area contributed by atoms with Gasteiger partial charge in [0.05, 0.1) is 5.75 Å². The van der Waals surface area contributed by atoms with Crippen LogP contribution in [0.15, 0.2) is 5.16 Å². The van der Waals surface area contributed by atoms with Crippen molar-refractivity contribution in [3.63, 3.8) is 0 Å². The third-order valence-electron chi connectivity index (χ3n) is 5.11. The van der Waals surface area contributed by atoms with Gasteiger partial charge in [-0.25, -0.2) is 13.1 Å². The summed E-state index contributed by atoms with van der Waals surface area (Å²) in [6.45, 7) is 2.05. The Morgan fingerprint density at radius 2 is 2.00 bits per heavy atom. The zero-order chi connectivity index (χ0) is 21.3. The lowest BCUT2D eigenvalue weighted by atomic mass is 10.2. The highest BCUT2D eigenvalue weighted by molar-refractivity contribution is 7.98. The first kappa shape index (κ1) is 24.5. The fraction of sp³-hybridized carbons (Fsp3) is 0.833. The van der Waals surface area contributed by atoms with Gasteiger partial charge in [-0.2, -0.15) is 11.8 Å². The molecule has 1 atom stereocenters. The number of nitrogens with zero attached hydrogens (tertiary/aromatic N) is 3. The zero-order valence-electron chi connectivity index (χ0n) is 17.5. The number of thioether (sulfide) groups is 2. The van der Waals surface area contributed by atoms with Crippen LogP contribution in [0.4, 0.5) is 0 Å². The number of rotatable bonds is 13. The van der Waals surface area contributed by atoms with Crippen LogP contribution in [0.2, 0.25) is 0 Å². The Morgan fingerprint density at radius 3 is 2.62 bits per heavy atom. The van der Waals surface area contributed by atoms with Crippen LogP contribution in [0.3, 0.4) is 0 Å². The molecule has 1 unspecified atom stereocenters. The first-order chi connectivity index (χ1) is 13.9. The Bertz CT molecular complexity index is 748. The summed E-state index contributed by atoms with van der Waals surface area (Å²) in [5.74, 6) is 1.39. The molecule has 8 nitrogen and oxygen atoms in total. The molecule has 0 aromatic carbocycles. The summed E-state index contributed by atoms with van der Waals surface area (Å²) in [6, 6.07) is -0.242. The molecule has 1 saturated carbocycles. The summed E-state index contributed by atoms with van der Waals surface area (Å²) in [6.07, 6.45) is 10.7. The number of carbonyl (C=O) groups is 1. The van der Waals surface area contributed by atoms with E-state index in [1.54, 1.807) is 30.4 Å². The van der Waals surface area contributed by atoms with E-state index in [4.69, 9.17) is 0 Å². The van der Waals surface area contributed by atoms with Crippen LogP contribution in [0.25, 0.3) is 0 Å². The van der Waals surface area contributed by atoms with Gasteiger partial charge in [0.25, 0.3) is 0 Å². The van der Waals surface area contributed by atoms with Crippen molar-refractivity contribution in [3.05, 3.63) is 5.82 Å². The Balaban J connectivity index is 1.88. The van der Waals surface area contributed by atoms with Gasteiger partial charge in [0.15, 0.2) is 5.16 Å². The molecule has 166 valence electrons. The summed E-state index contributed by atoms with van der Waals surface area (Å²) in [4.78, 5) is 12.5. The fourth-order valence-electron chi connectivity index (χ4n) is 3.51. The minimum Gasteiger partial charge on any atom is -0.355 e. The van der Waals surface area contributed by atoms with Gasteiger partial charge >= 0.3 is 0 Å². The van der Waals surface area contributed by atoms with E-state index in [0.717, 1.165) is 23.8 Å². The summed E-state index contributed by atoms with van der Waals surface area (Å²) < 4.78 is 28.5. The van der Waals surface area contributed by atoms with Crippen molar-refractivity contribution in [2.75, 3.05) is 30.6 Å². The molecule has 1 fully saturated rings. The molecule has 11 heteroatoms. The van der Waals surface area contributed by atoms with Gasteiger partial charge in [-0.3, -0.25) is 4.79 Å². The highest BCUT2D eigenvalue weighted by Crippen LogP contribution is 2.33. The van der Waals surface area contributed by atoms with E-state index in [1.165, 1.54) is 25.7 Å². The van der Waals surface area contributed by atoms with Crippen molar-refractivity contribution in [2.24, 2.45) is 0 Å². The highest BCUT2D eigenvalue weighted by Gasteiger charge is 2.24. The van der Waals surface area contributed by atoms with Crippen LogP contribution >= 0.6 is 23.5 Å². The second kappa shape index (κ2) is 12.2. The van der Waals surface area contributed by atoms with Gasteiger partial charge in [-0.05, 0) is 50.9 Å². The van der Waals surface area contributed by atoms with Crippen LogP contribution < -0.4 is 10.0 Å². The maximum Gasteiger partial charge on any atom is 0.238 e. The minimum atomic E-state index is -3.43. The second-order valence-electron chi connectivity index (χ2n) is 7.16. The molecule has 1 aliphatic carbocycles. The topological polar surface area (TPSA) is 106 Å². The van der Waals surface area contributed by atoms with Crippen molar-refractivity contribution in [3.8, 4) is 0 Å². The molecule has 0 aliphatic heterocycles. The first-order valence-electron chi connectivity index (χ1n) is 10.2. The molecule has 1 aromatic rings. The smallest absolute Gasteiger partial charge is 0.238 e. The standard InChI is InChI=1S/C18H33N5O3S3/c1-4-29(25,26)22-15(11-13-27-2)17(24)19-12-7-10-16-20-21-18(28-3)23(16)14-8-5-6-9-14/h14-15,22H,4-13H2,1-3H3,(H,19,24). The average molecular weight is 464 g/mol. The van der Waals surface area contributed by atoms with Crippen molar-refractivity contribution >= 4 is 39.5 Å². The molecule has 0 bridgehead atoms. The van der Waals surface area contributed by atoms with Gasteiger partial charge in [-0.15, -0.1) is 10.2 Å². The average Bonchev–Trinajstić information content (AvgIpc) is 3.37. The molecule has 2 rings (SSSR count). The lowest BCUT2D eigenvalue weighted by Gasteiger charge is -2.18. The molecule has 29 heavy (non-hydrogen) atoms. The van der Waals surface area contributed by atoms with E-state index in [1.807, 2.05) is 12.5 Å². The van der Waals surface area contributed by atoms with Gasteiger partial charge in [0, 0.05) is 19.0 Å². The van der Waals surface area contributed by atoms with Crippen LogP contribution in [0, 0.1) is 0 Å². The Morgan fingerprint density at radius 1 is 1.28 bits per heavy atom. The molecule has 0 saturated heterocycles. The highest BCUT2D eigenvalue weighted by atomic mass is 32.2. The van der Waals surface area contributed by atoms with Gasteiger partial charge in [-0.1, -0.05) is 24.6 Å². The number of aromatic nitrogens is 3.